The number of hydrogen-bond acceptors (Lipinski definition) is 6. The van der Waals surface area contributed by atoms with Gasteiger partial charge in [-0.2, -0.15) is 5.26 Å². The zero-order valence-electron chi connectivity index (χ0n) is 14.1. The maximum Gasteiger partial charge on any atom is 0.227 e. The van der Waals surface area contributed by atoms with Gasteiger partial charge in [-0.25, -0.2) is 0 Å². The van der Waals surface area contributed by atoms with E-state index in [0.29, 0.717) is 34.8 Å². The fraction of sp³-hybridized carbons (Fsp3) is 0.389. The molecule has 3 N–H and O–H groups in total. The molecule has 0 saturated heterocycles. The number of nitrogens with zero attached hydrogens (tertiary/aromatic N) is 1. The molecule has 1 aliphatic carbocycles. The minimum atomic E-state index is -0.546. The summed E-state index contributed by atoms with van der Waals surface area (Å²) < 4.78 is 5.53. The molecule has 0 aromatic carbocycles. The van der Waals surface area contributed by atoms with E-state index in [1.165, 1.54) is 18.0 Å². The molecule has 2 heterocycles. The smallest absolute Gasteiger partial charge is 0.227 e. The van der Waals surface area contributed by atoms with Crippen LogP contribution in [0.3, 0.4) is 0 Å². The molecule has 0 fully saturated rings. The molecule has 0 unspecified atom stereocenters. The molecule has 130 valence electrons. The van der Waals surface area contributed by atoms with Crippen molar-refractivity contribution >= 4 is 23.5 Å². The Kier molecular flexibility index (Phi) is 4.48. The van der Waals surface area contributed by atoms with Crippen molar-refractivity contribution in [1.29, 1.82) is 5.26 Å². The summed E-state index contributed by atoms with van der Waals surface area (Å²) in [5.41, 5.74) is 6.85. The van der Waals surface area contributed by atoms with Crippen LogP contribution in [0, 0.1) is 16.7 Å². The van der Waals surface area contributed by atoms with E-state index < -0.39 is 11.8 Å². The van der Waals surface area contributed by atoms with Gasteiger partial charge in [0.15, 0.2) is 5.78 Å². The number of nitrogens with one attached hydrogen (secondary N) is 1. The molecule has 0 radical (unpaired) electrons. The molecular weight excluding hydrogens is 338 g/mol. The monoisotopic (exact) mass is 357 g/mol. The number of dihydropyridines is 1. The minimum Gasteiger partial charge on any atom is -0.468 e. The fourth-order valence-electron chi connectivity index (χ4n) is 3.37. The third kappa shape index (κ3) is 3.35. The van der Waals surface area contributed by atoms with Crippen LogP contribution in [0.5, 0.6) is 0 Å². The lowest BCUT2D eigenvalue weighted by atomic mass is 9.70. The number of hydrogen-bond donors (Lipinski definition) is 2. The molecule has 1 aliphatic heterocycles. The van der Waals surface area contributed by atoms with Gasteiger partial charge in [-0.1, -0.05) is 25.6 Å². The fourth-order valence-corrected chi connectivity index (χ4v) is 4.17. The van der Waals surface area contributed by atoms with Crippen molar-refractivity contribution in [3.05, 3.63) is 46.0 Å². The van der Waals surface area contributed by atoms with Crippen molar-refractivity contribution < 1.29 is 14.0 Å². The van der Waals surface area contributed by atoms with E-state index in [0.717, 1.165) is 5.70 Å². The number of nitriles is 1. The predicted molar refractivity (Wildman–Crippen MR) is 93.9 cm³/mol. The van der Waals surface area contributed by atoms with Crippen molar-refractivity contribution in [2.75, 3.05) is 5.75 Å². The Morgan fingerprint density at radius 3 is 2.88 bits per heavy atom. The number of primary amides is 1. The SMILES string of the molecule is CC1(C)CC(=O)C2=C(C1)NC(SCC(N)=O)=C(C#N)[C@H]2c1ccco1. The average molecular weight is 357 g/mol. The van der Waals surface area contributed by atoms with Gasteiger partial charge in [-0.3, -0.25) is 9.59 Å². The van der Waals surface area contributed by atoms with E-state index in [-0.39, 0.29) is 17.0 Å². The van der Waals surface area contributed by atoms with Crippen molar-refractivity contribution in [1.82, 2.24) is 5.32 Å². The number of carbonyl (C=O) groups excluding carboxylic acids is 2. The van der Waals surface area contributed by atoms with Crippen LogP contribution in [-0.2, 0) is 9.59 Å². The lowest BCUT2D eigenvalue weighted by Crippen LogP contribution is -2.37. The van der Waals surface area contributed by atoms with Gasteiger partial charge in [0.25, 0.3) is 0 Å². The number of amides is 1. The highest BCUT2D eigenvalue weighted by atomic mass is 32.2. The summed E-state index contributed by atoms with van der Waals surface area (Å²) in [5, 5.41) is 13.5. The number of allylic oxidation sites excluding steroid dienone is 3. The van der Waals surface area contributed by atoms with Gasteiger partial charge >= 0.3 is 0 Å². The number of ketones is 1. The normalized spacial score (nSPS) is 22.3. The summed E-state index contributed by atoms with van der Waals surface area (Å²) in [5.74, 6) is -0.387. The maximum absolute atomic E-state index is 12.8. The van der Waals surface area contributed by atoms with Crippen LogP contribution in [0.15, 0.2) is 44.7 Å². The summed E-state index contributed by atoms with van der Waals surface area (Å²) in [6.07, 6.45) is 2.64. The quantitative estimate of drug-likeness (QED) is 0.857. The second-order valence-corrected chi connectivity index (χ2v) is 8.00. The highest BCUT2D eigenvalue weighted by Gasteiger charge is 2.42. The Bertz CT molecular complexity index is 828. The first-order valence-electron chi connectivity index (χ1n) is 7.94. The lowest BCUT2D eigenvalue weighted by molar-refractivity contribution is -0.118. The number of furan rings is 1. The summed E-state index contributed by atoms with van der Waals surface area (Å²) in [4.78, 5) is 24.0. The maximum atomic E-state index is 12.8. The second kappa shape index (κ2) is 6.45. The van der Waals surface area contributed by atoms with Crippen molar-refractivity contribution in [2.24, 2.45) is 11.1 Å². The van der Waals surface area contributed by atoms with E-state index in [9.17, 15) is 14.9 Å². The van der Waals surface area contributed by atoms with Gasteiger partial charge < -0.3 is 15.5 Å². The van der Waals surface area contributed by atoms with Gasteiger partial charge in [0.2, 0.25) is 5.91 Å². The molecule has 1 atom stereocenters. The van der Waals surface area contributed by atoms with E-state index in [2.05, 4.69) is 11.4 Å². The van der Waals surface area contributed by atoms with Crippen LogP contribution >= 0.6 is 11.8 Å². The van der Waals surface area contributed by atoms with Crippen LogP contribution in [-0.4, -0.2) is 17.4 Å². The Balaban J connectivity index is 2.11. The molecule has 7 heteroatoms. The molecule has 1 amide bonds. The molecule has 3 rings (SSSR count). The number of carbonyl (C=O) groups is 2. The Morgan fingerprint density at radius 1 is 1.52 bits per heavy atom. The predicted octanol–water partition coefficient (Wildman–Crippen LogP) is 2.56. The average Bonchev–Trinajstić information content (AvgIpc) is 3.04. The first-order valence-corrected chi connectivity index (χ1v) is 8.93. The molecular formula is C18H19N3O3S. The molecule has 0 bridgehead atoms. The second-order valence-electron chi connectivity index (χ2n) is 7.02. The van der Waals surface area contributed by atoms with E-state index in [4.69, 9.17) is 10.2 Å². The Morgan fingerprint density at radius 2 is 2.28 bits per heavy atom. The highest BCUT2D eigenvalue weighted by Crippen LogP contribution is 2.47. The number of rotatable bonds is 4. The molecule has 1 aromatic rings. The van der Waals surface area contributed by atoms with Crippen LogP contribution in [0.25, 0.3) is 0 Å². The molecule has 25 heavy (non-hydrogen) atoms. The van der Waals surface area contributed by atoms with Gasteiger partial charge in [-0.05, 0) is 24.0 Å². The number of nitrogens with two attached hydrogens (primary N) is 1. The third-order valence-electron chi connectivity index (χ3n) is 4.31. The Hall–Kier alpha value is -2.46. The van der Waals surface area contributed by atoms with Gasteiger partial charge in [-0.15, -0.1) is 0 Å². The largest absolute Gasteiger partial charge is 0.468 e. The van der Waals surface area contributed by atoms with Crippen LogP contribution in [0.2, 0.25) is 0 Å². The molecule has 1 aromatic heterocycles. The molecule has 6 nitrogen and oxygen atoms in total. The van der Waals surface area contributed by atoms with E-state index >= 15 is 0 Å². The van der Waals surface area contributed by atoms with Crippen LogP contribution < -0.4 is 11.1 Å². The summed E-state index contributed by atoms with van der Waals surface area (Å²) >= 11 is 1.18. The first-order chi connectivity index (χ1) is 11.8. The van der Waals surface area contributed by atoms with Crippen molar-refractivity contribution in [3.63, 3.8) is 0 Å². The van der Waals surface area contributed by atoms with Crippen LogP contribution in [0.1, 0.15) is 38.4 Å². The minimum absolute atomic E-state index is 0.0202. The van der Waals surface area contributed by atoms with Crippen LogP contribution in [0.4, 0.5) is 0 Å². The molecule has 0 spiro atoms. The number of Topliss-reactive ketones (excluding diaryl/α,β-unsaturated/α-hetero) is 1. The zero-order chi connectivity index (χ0) is 18.2. The topological polar surface area (TPSA) is 109 Å². The molecule has 2 aliphatic rings. The lowest BCUT2D eigenvalue weighted by Gasteiger charge is -2.38. The van der Waals surface area contributed by atoms with E-state index in [1.54, 1.807) is 12.1 Å². The van der Waals surface area contributed by atoms with Gasteiger partial charge in [0.1, 0.15) is 5.76 Å². The van der Waals surface area contributed by atoms with E-state index in [1.807, 2.05) is 13.8 Å². The Labute approximate surface area is 150 Å². The molecule has 0 saturated carbocycles. The number of thioether (sulfide) groups is 1. The zero-order valence-corrected chi connectivity index (χ0v) is 14.9. The van der Waals surface area contributed by atoms with Gasteiger partial charge in [0.05, 0.1) is 34.6 Å². The standard InChI is InChI=1S/C18H19N3O3S/c1-18(2)6-11-16(12(22)7-18)15(13-4-3-5-24-13)10(8-19)17(21-11)25-9-14(20)23/h3-5,15,21H,6-7,9H2,1-2H3,(H2,20,23)/t15-/m0/s1. The van der Waals surface area contributed by atoms with Crippen molar-refractivity contribution in [3.8, 4) is 6.07 Å². The van der Waals surface area contributed by atoms with Gasteiger partial charge in [0, 0.05) is 17.7 Å². The highest BCUT2D eigenvalue weighted by molar-refractivity contribution is 8.03. The summed E-state index contributed by atoms with van der Waals surface area (Å²) in [7, 11) is 0. The third-order valence-corrected chi connectivity index (χ3v) is 5.35. The first kappa shape index (κ1) is 17.4. The summed E-state index contributed by atoms with van der Waals surface area (Å²) in [6, 6.07) is 5.69. The summed E-state index contributed by atoms with van der Waals surface area (Å²) in [6.45, 7) is 4.08. The van der Waals surface area contributed by atoms with Crippen molar-refractivity contribution in [2.45, 2.75) is 32.6 Å².